The molecule has 2 aliphatic rings. The Balaban J connectivity index is 1.23. The minimum Gasteiger partial charge on any atom is -0.311 e. The number of rotatable bonds is 7. The van der Waals surface area contributed by atoms with E-state index in [2.05, 4.69) is 291 Å². The van der Waals surface area contributed by atoms with Crippen molar-refractivity contribution in [1.29, 1.82) is 0 Å². The second-order valence-corrected chi connectivity index (χ2v) is 22.8. The zero-order valence-corrected chi connectivity index (χ0v) is 44.3. The fourth-order valence-electron chi connectivity index (χ4n) is 12.2. The summed E-state index contributed by atoms with van der Waals surface area (Å²) < 4.78 is 0. The highest BCUT2D eigenvalue weighted by Gasteiger charge is 2.45. The molecule has 0 N–H and O–H groups in total. The number of anilines is 6. The molecule has 2 aliphatic heterocycles. The van der Waals surface area contributed by atoms with E-state index in [0.29, 0.717) is 0 Å². The highest BCUT2D eigenvalue weighted by Crippen LogP contribution is 2.50. The molecule has 2 nitrogen and oxygen atoms in total. The number of hydrogen-bond donors (Lipinski definition) is 0. The number of fused-ring (bicyclic) bond motifs is 4. The van der Waals surface area contributed by atoms with E-state index in [1.54, 1.807) is 0 Å². The summed E-state index contributed by atoms with van der Waals surface area (Å²) in [5.41, 5.74) is 29.5. The Kier molecular flexibility index (Phi) is 11.5. The highest BCUT2D eigenvalue weighted by molar-refractivity contribution is 7.00. The van der Waals surface area contributed by atoms with Gasteiger partial charge in [-0.05, 0) is 174 Å². The molecule has 0 atom stereocenters. The van der Waals surface area contributed by atoms with Gasteiger partial charge in [0.2, 0.25) is 0 Å². The van der Waals surface area contributed by atoms with Gasteiger partial charge in [-0.15, -0.1) is 0 Å². The fourth-order valence-corrected chi connectivity index (χ4v) is 12.2. The first-order valence-corrected chi connectivity index (χ1v) is 26.4. The standard InChI is InChI=1S/C71H63BN2/c1-46-38-47(2)68(48(3)39-46)55-40-66-69-67(41-55)74(57-36-32-52(33-37-57)50-24-16-11-17-25-50)65-43-59(54-28-20-13-21-29-54)61(71(7,8)9)45-63(65)72(69)62-44-60(70(4,5)6)58(53-26-18-12-19-27-53)42-64(62)73(66)56-34-30-51(31-35-56)49-22-14-10-15-23-49/h10-45H,1-9H3. The molecule has 360 valence electrons. The lowest BCUT2D eigenvalue weighted by Crippen LogP contribution is -2.61. The third kappa shape index (κ3) is 8.16. The Morgan fingerprint density at radius 1 is 0.324 bits per heavy atom. The maximum Gasteiger partial charge on any atom is 0.252 e. The van der Waals surface area contributed by atoms with E-state index in [1.165, 1.54) is 123 Å². The summed E-state index contributed by atoms with van der Waals surface area (Å²) in [7, 11) is 0. The monoisotopic (exact) mass is 955 g/mol. The van der Waals surface area contributed by atoms with Crippen LogP contribution in [-0.2, 0) is 10.8 Å². The van der Waals surface area contributed by atoms with Crippen LogP contribution in [0.4, 0.5) is 34.1 Å². The van der Waals surface area contributed by atoms with E-state index >= 15 is 0 Å². The molecule has 0 radical (unpaired) electrons. The molecule has 10 aromatic carbocycles. The van der Waals surface area contributed by atoms with Crippen molar-refractivity contribution < 1.29 is 0 Å². The van der Waals surface area contributed by atoms with Crippen molar-refractivity contribution >= 4 is 57.2 Å². The van der Waals surface area contributed by atoms with Crippen molar-refractivity contribution in [3.8, 4) is 55.6 Å². The van der Waals surface area contributed by atoms with Crippen LogP contribution in [0.15, 0.2) is 218 Å². The van der Waals surface area contributed by atoms with Crippen LogP contribution < -0.4 is 26.2 Å². The van der Waals surface area contributed by atoms with Crippen molar-refractivity contribution in [2.45, 2.75) is 73.1 Å². The van der Waals surface area contributed by atoms with Gasteiger partial charge in [-0.2, -0.15) is 0 Å². The number of benzene rings is 10. The molecule has 0 aromatic heterocycles. The van der Waals surface area contributed by atoms with E-state index in [9.17, 15) is 0 Å². The molecular weight excluding hydrogens is 892 g/mol. The molecule has 0 amide bonds. The van der Waals surface area contributed by atoms with Gasteiger partial charge in [-0.3, -0.25) is 0 Å². The topological polar surface area (TPSA) is 6.48 Å². The van der Waals surface area contributed by atoms with Crippen molar-refractivity contribution in [3.63, 3.8) is 0 Å². The van der Waals surface area contributed by atoms with Gasteiger partial charge in [-0.25, -0.2) is 0 Å². The first-order chi connectivity index (χ1) is 35.7. The molecule has 0 spiro atoms. The zero-order valence-electron chi connectivity index (χ0n) is 44.3. The predicted octanol–water partition coefficient (Wildman–Crippen LogP) is 17.6. The predicted molar refractivity (Wildman–Crippen MR) is 319 cm³/mol. The van der Waals surface area contributed by atoms with Crippen LogP contribution in [0.2, 0.25) is 0 Å². The van der Waals surface area contributed by atoms with Gasteiger partial charge >= 0.3 is 0 Å². The molecule has 0 saturated heterocycles. The maximum atomic E-state index is 2.60. The summed E-state index contributed by atoms with van der Waals surface area (Å²) in [6, 6.07) is 82.2. The lowest BCUT2D eigenvalue weighted by Gasteiger charge is -2.46. The molecule has 10 aromatic rings. The van der Waals surface area contributed by atoms with Crippen molar-refractivity contribution in [1.82, 2.24) is 0 Å². The van der Waals surface area contributed by atoms with E-state index in [1.807, 2.05) is 0 Å². The molecule has 0 unspecified atom stereocenters. The van der Waals surface area contributed by atoms with Crippen LogP contribution in [0.25, 0.3) is 55.6 Å². The van der Waals surface area contributed by atoms with Crippen molar-refractivity contribution in [2.75, 3.05) is 9.80 Å². The largest absolute Gasteiger partial charge is 0.311 e. The molecular formula is C71H63BN2. The average molecular weight is 955 g/mol. The fraction of sp³-hybridized carbons (Fsp3) is 0.155. The Hall–Kier alpha value is -8.14. The summed E-state index contributed by atoms with van der Waals surface area (Å²) in [5, 5.41) is 0. The molecule has 3 heteroatoms. The lowest BCUT2D eigenvalue weighted by atomic mass is 9.33. The van der Waals surface area contributed by atoms with Crippen molar-refractivity contribution in [3.05, 3.63) is 246 Å². The summed E-state index contributed by atoms with van der Waals surface area (Å²) in [6.07, 6.45) is 0. The summed E-state index contributed by atoms with van der Waals surface area (Å²) in [6.45, 7) is 21.0. The van der Waals surface area contributed by atoms with Crippen LogP contribution in [0, 0.1) is 20.8 Å². The molecule has 0 saturated carbocycles. The molecule has 74 heavy (non-hydrogen) atoms. The van der Waals surface area contributed by atoms with Crippen LogP contribution >= 0.6 is 0 Å². The second kappa shape index (κ2) is 18.1. The van der Waals surface area contributed by atoms with Crippen LogP contribution in [0.1, 0.15) is 69.4 Å². The van der Waals surface area contributed by atoms with E-state index in [-0.39, 0.29) is 17.5 Å². The summed E-state index contributed by atoms with van der Waals surface area (Å²) in [4.78, 5) is 5.21. The number of aryl methyl sites for hydroxylation is 3. The summed E-state index contributed by atoms with van der Waals surface area (Å²) in [5.74, 6) is 0. The van der Waals surface area contributed by atoms with Gasteiger partial charge in [0.1, 0.15) is 0 Å². The molecule has 0 bridgehead atoms. The van der Waals surface area contributed by atoms with Gasteiger partial charge in [0.15, 0.2) is 0 Å². The van der Waals surface area contributed by atoms with E-state index < -0.39 is 0 Å². The number of hydrogen-bond acceptors (Lipinski definition) is 2. The normalized spacial score (nSPS) is 12.9. The number of nitrogens with zero attached hydrogens (tertiary/aromatic N) is 2. The molecule has 0 aliphatic carbocycles. The Morgan fingerprint density at radius 2 is 0.662 bits per heavy atom. The van der Waals surface area contributed by atoms with Gasteiger partial charge in [-0.1, -0.05) is 217 Å². The SMILES string of the molecule is Cc1cc(C)c(-c2cc3c4c(c2)N(c2ccc(-c5ccccc5)cc2)c2cc(-c5ccccc5)c(C(C)(C)C)cc2B4c2cc(C(C)(C)C)c(-c4ccccc4)cc2N3c2ccc(-c3ccccc3)cc2)c(C)c1. The quantitative estimate of drug-likeness (QED) is 0.147. The Labute approximate surface area is 439 Å². The van der Waals surface area contributed by atoms with Gasteiger partial charge in [0.25, 0.3) is 6.71 Å². The maximum absolute atomic E-state index is 2.60. The van der Waals surface area contributed by atoms with E-state index in [4.69, 9.17) is 0 Å². The third-order valence-electron chi connectivity index (χ3n) is 15.6. The first kappa shape index (κ1) is 46.9. The highest BCUT2D eigenvalue weighted by atomic mass is 15.2. The second-order valence-electron chi connectivity index (χ2n) is 22.8. The van der Waals surface area contributed by atoms with Crippen molar-refractivity contribution in [2.24, 2.45) is 0 Å². The minimum absolute atomic E-state index is 0.0872. The van der Waals surface area contributed by atoms with Gasteiger partial charge in [0.05, 0.1) is 0 Å². The molecule has 2 heterocycles. The molecule has 0 fully saturated rings. The summed E-state index contributed by atoms with van der Waals surface area (Å²) >= 11 is 0. The van der Waals surface area contributed by atoms with Crippen LogP contribution in [0.3, 0.4) is 0 Å². The molecule has 12 rings (SSSR count). The Morgan fingerprint density at radius 3 is 1.01 bits per heavy atom. The minimum atomic E-state index is -0.159. The zero-order chi connectivity index (χ0) is 51.0. The lowest BCUT2D eigenvalue weighted by molar-refractivity contribution is 0.592. The van der Waals surface area contributed by atoms with Gasteiger partial charge in [0, 0.05) is 34.1 Å². The average Bonchev–Trinajstić information content (AvgIpc) is 3.40. The first-order valence-electron chi connectivity index (χ1n) is 26.4. The third-order valence-corrected chi connectivity index (χ3v) is 15.6. The van der Waals surface area contributed by atoms with Crippen LogP contribution in [0.5, 0.6) is 0 Å². The van der Waals surface area contributed by atoms with Gasteiger partial charge < -0.3 is 9.80 Å². The van der Waals surface area contributed by atoms with Crippen LogP contribution in [-0.4, -0.2) is 6.71 Å². The Bertz CT molecular complexity index is 3490. The smallest absolute Gasteiger partial charge is 0.252 e. The van der Waals surface area contributed by atoms with E-state index in [0.717, 1.165) is 11.4 Å².